The van der Waals surface area contributed by atoms with Crippen LogP contribution in [0.1, 0.15) is 42.1 Å². The van der Waals surface area contributed by atoms with E-state index in [1.807, 2.05) is 0 Å². The minimum atomic E-state index is -0.481. The molecule has 1 heterocycles. The van der Waals surface area contributed by atoms with Crippen LogP contribution in [0.2, 0.25) is 0 Å². The van der Waals surface area contributed by atoms with Crippen molar-refractivity contribution in [3.05, 3.63) is 32.7 Å². The zero-order chi connectivity index (χ0) is 14.0. The number of pyridine rings is 1. The van der Waals surface area contributed by atoms with Crippen molar-refractivity contribution >= 4 is 21.9 Å². The lowest BCUT2D eigenvalue weighted by Crippen LogP contribution is -2.31. The van der Waals surface area contributed by atoms with Crippen LogP contribution in [0.4, 0.5) is 0 Å². The van der Waals surface area contributed by atoms with Gasteiger partial charge in [-0.05, 0) is 47.7 Å². The second kappa shape index (κ2) is 5.88. The second-order valence-corrected chi connectivity index (χ2v) is 5.61. The van der Waals surface area contributed by atoms with E-state index in [1.54, 1.807) is 0 Å². The number of hydrogen-bond acceptors (Lipinski definition) is 4. The van der Waals surface area contributed by atoms with Gasteiger partial charge in [0.15, 0.2) is 0 Å². The smallest absolute Gasteiger partial charge is 0.339 e. The standard InChI is InChI=1S/C13H16BrNO4/c1-19-13(18)8-5-11(14)12(17)15(7-8)9-3-2-4-10(16)6-9/h5,7,9-10,16H,2-4,6H2,1H3/t9-,10-/m1/s1. The van der Waals surface area contributed by atoms with E-state index < -0.39 is 5.97 Å². The third-order valence-electron chi connectivity index (χ3n) is 3.43. The highest BCUT2D eigenvalue weighted by atomic mass is 79.9. The Kier molecular flexibility index (Phi) is 4.42. The molecular weight excluding hydrogens is 314 g/mol. The first kappa shape index (κ1) is 14.3. The van der Waals surface area contributed by atoms with E-state index in [1.165, 1.54) is 23.9 Å². The summed E-state index contributed by atoms with van der Waals surface area (Å²) in [4.78, 5) is 23.7. The van der Waals surface area contributed by atoms with Crippen molar-refractivity contribution in [3.63, 3.8) is 0 Å². The van der Waals surface area contributed by atoms with Crippen molar-refractivity contribution in [2.24, 2.45) is 0 Å². The molecule has 1 aromatic rings. The van der Waals surface area contributed by atoms with Crippen molar-refractivity contribution < 1.29 is 14.6 Å². The molecule has 0 radical (unpaired) electrons. The summed E-state index contributed by atoms with van der Waals surface area (Å²) in [5.41, 5.74) is 0.140. The number of carbonyl (C=O) groups excluding carboxylic acids is 1. The molecule has 0 amide bonds. The van der Waals surface area contributed by atoms with E-state index >= 15 is 0 Å². The Hall–Kier alpha value is -1.14. The van der Waals surface area contributed by atoms with Crippen LogP contribution in [0.15, 0.2) is 21.5 Å². The van der Waals surface area contributed by atoms with E-state index in [0.717, 1.165) is 19.3 Å². The summed E-state index contributed by atoms with van der Waals surface area (Å²) in [5, 5.41) is 9.71. The number of aliphatic hydroxyl groups excluding tert-OH is 1. The number of nitrogens with zero attached hydrogens (tertiary/aromatic N) is 1. The molecule has 0 saturated heterocycles. The molecule has 0 spiro atoms. The van der Waals surface area contributed by atoms with Crippen LogP contribution < -0.4 is 5.56 Å². The number of carbonyl (C=O) groups is 1. The predicted molar refractivity (Wildman–Crippen MR) is 73.3 cm³/mol. The average Bonchev–Trinajstić information content (AvgIpc) is 2.40. The van der Waals surface area contributed by atoms with Gasteiger partial charge in [-0.3, -0.25) is 4.79 Å². The Morgan fingerprint density at radius 1 is 1.53 bits per heavy atom. The van der Waals surface area contributed by atoms with Crippen LogP contribution >= 0.6 is 15.9 Å². The molecule has 2 atom stereocenters. The molecule has 1 saturated carbocycles. The van der Waals surface area contributed by atoms with Crippen LogP contribution in [-0.2, 0) is 4.74 Å². The van der Waals surface area contributed by atoms with E-state index in [9.17, 15) is 14.7 Å². The fraction of sp³-hybridized carbons (Fsp3) is 0.538. The molecular formula is C13H16BrNO4. The predicted octanol–water partition coefficient (Wildman–Crippen LogP) is 1.87. The highest BCUT2D eigenvalue weighted by Crippen LogP contribution is 2.28. The Bertz CT molecular complexity index is 540. The van der Waals surface area contributed by atoms with Gasteiger partial charge in [-0.15, -0.1) is 0 Å². The first-order chi connectivity index (χ1) is 9.02. The van der Waals surface area contributed by atoms with Crippen LogP contribution in [0, 0.1) is 0 Å². The number of methoxy groups -OCH3 is 1. The van der Waals surface area contributed by atoms with Gasteiger partial charge in [0.2, 0.25) is 0 Å². The van der Waals surface area contributed by atoms with Crippen molar-refractivity contribution in [3.8, 4) is 0 Å². The van der Waals surface area contributed by atoms with Crippen molar-refractivity contribution in [2.75, 3.05) is 7.11 Å². The van der Waals surface area contributed by atoms with Gasteiger partial charge in [-0.2, -0.15) is 0 Å². The van der Waals surface area contributed by atoms with Crippen LogP contribution in [0.25, 0.3) is 0 Å². The summed E-state index contributed by atoms with van der Waals surface area (Å²) in [6, 6.07) is 1.39. The first-order valence-electron chi connectivity index (χ1n) is 6.21. The van der Waals surface area contributed by atoms with Gasteiger partial charge in [0.25, 0.3) is 5.56 Å². The minimum Gasteiger partial charge on any atom is -0.465 e. The number of rotatable bonds is 2. The SMILES string of the molecule is COC(=O)c1cc(Br)c(=O)n([C@@H]2CCC[C@@H](O)C2)c1. The monoisotopic (exact) mass is 329 g/mol. The molecule has 104 valence electrons. The minimum absolute atomic E-state index is 0.0721. The summed E-state index contributed by atoms with van der Waals surface area (Å²) in [6.45, 7) is 0. The quantitative estimate of drug-likeness (QED) is 0.841. The summed E-state index contributed by atoms with van der Waals surface area (Å²) in [6.07, 6.45) is 4.14. The van der Waals surface area contributed by atoms with Crippen LogP contribution in [0.3, 0.4) is 0 Å². The largest absolute Gasteiger partial charge is 0.465 e. The topological polar surface area (TPSA) is 68.5 Å². The molecule has 1 N–H and O–H groups in total. The van der Waals surface area contributed by atoms with E-state index in [-0.39, 0.29) is 17.7 Å². The average molecular weight is 330 g/mol. The first-order valence-corrected chi connectivity index (χ1v) is 7.00. The molecule has 5 nitrogen and oxygen atoms in total. The summed E-state index contributed by atoms with van der Waals surface area (Å²) < 4.78 is 6.53. The summed E-state index contributed by atoms with van der Waals surface area (Å²) in [7, 11) is 1.30. The number of ether oxygens (including phenoxy) is 1. The number of aliphatic hydroxyl groups is 1. The number of esters is 1. The Morgan fingerprint density at radius 3 is 2.89 bits per heavy atom. The Labute approximate surface area is 119 Å². The molecule has 0 bridgehead atoms. The maximum atomic E-state index is 12.1. The van der Waals surface area contributed by atoms with E-state index in [4.69, 9.17) is 0 Å². The molecule has 19 heavy (non-hydrogen) atoms. The van der Waals surface area contributed by atoms with Gasteiger partial charge in [-0.1, -0.05) is 0 Å². The molecule has 0 unspecified atom stereocenters. The van der Waals surface area contributed by atoms with Gasteiger partial charge < -0.3 is 14.4 Å². The van der Waals surface area contributed by atoms with Gasteiger partial charge >= 0.3 is 5.97 Å². The maximum Gasteiger partial charge on any atom is 0.339 e. The fourth-order valence-corrected chi connectivity index (χ4v) is 2.91. The summed E-state index contributed by atoms with van der Waals surface area (Å²) in [5.74, 6) is -0.481. The maximum absolute atomic E-state index is 12.1. The van der Waals surface area contributed by atoms with Crippen LogP contribution in [0.5, 0.6) is 0 Å². The van der Waals surface area contributed by atoms with Gasteiger partial charge in [0.1, 0.15) is 0 Å². The normalized spacial score (nSPS) is 23.1. The molecule has 6 heteroatoms. The molecule has 1 aromatic heterocycles. The van der Waals surface area contributed by atoms with E-state index in [2.05, 4.69) is 20.7 Å². The van der Waals surface area contributed by atoms with E-state index in [0.29, 0.717) is 16.5 Å². The lowest BCUT2D eigenvalue weighted by atomic mass is 9.92. The Morgan fingerprint density at radius 2 is 2.26 bits per heavy atom. The zero-order valence-electron chi connectivity index (χ0n) is 10.6. The van der Waals surface area contributed by atoms with Gasteiger partial charge in [0.05, 0.1) is 23.2 Å². The van der Waals surface area contributed by atoms with Crippen molar-refractivity contribution in [1.82, 2.24) is 4.57 Å². The molecule has 0 aromatic carbocycles. The second-order valence-electron chi connectivity index (χ2n) is 4.75. The third kappa shape index (κ3) is 3.06. The molecule has 0 aliphatic heterocycles. The van der Waals surface area contributed by atoms with Gasteiger partial charge in [-0.25, -0.2) is 4.79 Å². The zero-order valence-corrected chi connectivity index (χ0v) is 12.2. The Balaban J connectivity index is 2.41. The number of hydrogen-bond donors (Lipinski definition) is 1. The molecule has 1 fully saturated rings. The third-order valence-corrected chi connectivity index (χ3v) is 4.00. The highest BCUT2D eigenvalue weighted by molar-refractivity contribution is 9.10. The number of halogens is 1. The molecule has 2 rings (SSSR count). The lowest BCUT2D eigenvalue weighted by Gasteiger charge is -2.27. The van der Waals surface area contributed by atoms with Gasteiger partial charge in [0, 0.05) is 12.2 Å². The molecule has 1 aliphatic carbocycles. The van der Waals surface area contributed by atoms with Crippen molar-refractivity contribution in [1.29, 1.82) is 0 Å². The molecule has 1 aliphatic rings. The van der Waals surface area contributed by atoms with Crippen molar-refractivity contribution in [2.45, 2.75) is 37.8 Å². The fourth-order valence-electron chi connectivity index (χ4n) is 2.46. The number of aromatic nitrogens is 1. The highest BCUT2D eigenvalue weighted by Gasteiger charge is 2.24. The van der Waals surface area contributed by atoms with Crippen LogP contribution in [-0.4, -0.2) is 28.9 Å². The lowest BCUT2D eigenvalue weighted by molar-refractivity contribution is 0.0598. The summed E-state index contributed by atoms with van der Waals surface area (Å²) >= 11 is 3.17.